The van der Waals surface area contributed by atoms with Crippen LogP contribution in [0.25, 0.3) is 0 Å². The third-order valence-corrected chi connectivity index (χ3v) is 3.89. The van der Waals surface area contributed by atoms with Gasteiger partial charge in [-0.05, 0) is 24.1 Å². The molecule has 0 unspecified atom stereocenters. The average Bonchev–Trinajstić information content (AvgIpc) is 2.69. The Bertz CT molecular complexity index is 722. The molecule has 2 aromatic rings. The van der Waals surface area contributed by atoms with Crippen LogP contribution in [0.2, 0.25) is 0 Å². The zero-order chi connectivity index (χ0) is 18.8. The number of nitrogens with one attached hydrogen (secondary N) is 2. The zero-order valence-corrected chi connectivity index (χ0v) is 15.5. The molecule has 1 amide bonds. The van der Waals surface area contributed by atoms with Gasteiger partial charge in [-0.25, -0.2) is 9.97 Å². The van der Waals surface area contributed by atoms with Crippen LogP contribution in [0, 0.1) is 0 Å². The molecule has 0 fully saturated rings. The number of methoxy groups -OCH3 is 2. The number of amides is 1. The van der Waals surface area contributed by atoms with Gasteiger partial charge in [-0.15, -0.1) is 0 Å². The minimum Gasteiger partial charge on any atom is -0.493 e. The first kappa shape index (κ1) is 19.5. The van der Waals surface area contributed by atoms with Crippen molar-refractivity contribution in [2.45, 2.75) is 32.7 Å². The largest absolute Gasteiger partial charge is 0.493 e. The molecule has 0 aliphatic heterocycles. The lowest BCUT2D eigenvalue weighted by Crippen LogP contribution is -2.24. The normalized spacial score (nSPS) is 10.3. The molecule has 140 valence electrons. The van der Waals surface area contributed by atoms with E-state index in [1.165, 1.54) is 6.33 Å². The van der Waals surface area contributed by atoms with Gasteiger partial charge in [0, 0.05) is 19.2 Å². The molecule has 0 aliphatic rings. The van der Waals surface area contributed by atoms with E-state index in [2.05, 4.69) is 27.5 Å². The molecule has 2 rings (SSSR count). The lowest BCUT2D eigenvalue weighted by molar-refractivity contribution is 0.0945. The van der Waals surface area contributed by atoms with Crippen molar-refractivity contribution in [3.05, 3.63) is 41.9 Å². The van der Waals surface area contributed by atoms with E-state index in [1.54, 1.807) is 20.3 Å². The fourth-order valence-corrected chi connectivity index (χ4v) is 2.43. The summed E-state index contributed by atoms with van der Waals surface area (Å²) >= 11 is 0. The Morgan fingerprint density at radius 3 is 2.62 bits per heavy atom. The van der Waals surface area contributed by atoms with E-state index in [1.807, 2.05) is 18.2 Å². The number of rotatable bonds is 10. The number of carbonyl (C=O) groups excluding carboxylic acids is 1. The van der Waals surface area contributed by atoms with Gasteiger partial charge >= 0.3 is 0 Å². The van der Waals surface area contributed by atoms with Crippen LogP contribution in [0.1, 0.15) is 42.2 Å². The Morgan fingerprint density at radius 2 is 1.88 bits per heavy atom. The first-order valence-electron chi connectivity index (χ1n) is 8.73. The van der Waals surface area contributed by atoms with E-state index < -0.39 is 0 Å². The van der Waals surface area contributed by atoms with Gasteiger partial charge < -0.3 is 20.1 Å². The molecular weight excluding hydrogens is 332 g/mol. The van der Waals surface area contributed by atoms with Gasteiger partial charge in [0.2, 0.25) is 0 Å². The summed E-state index contributed by atoms with van der Waals surface area (Å²) in [5, 5.41) is 6.07. The van der Waals surface area contributed by atoms with Gasteiger partial charge in [-0.2, -0.15) is 0 Å². The SMILES string of the molecule is CCCCCNc1cc(C(=O)NCc2ccc(OC)c(OC)c2)ncn1. The van der Waals surface area contributed by atoms with Crippen LogP contribution < -0.4 is 20.1 Å². The van der Waals surface area contributed by atoms with E-state index in [9.17, 15) is 4.79 Å². The van der Waals surface area contributed by atoms with Crippen molar-refractivity contribution >= 4 is 11.7 Å². The van der Waals surface area contributed by atoms with Crippen LogP contribution in [0.3, 0.4) is 0 Å². The van der Waals surface area contributed by atoms with Crippen molar-refractivity contribution in [3.63, 3.8) is 0 Å². The van der Waals surface area contributed by atoms with E-state index >= 15 is 0 Å². The average molecular weight is 358 g/mol. The maximum atomic E-state index is 12.3. The van der Waals surface area contributed by atoms with Gasteiger partial charge in [0.1, 0.15) is 17.8 Å². The number of anilines is 1. The van der Waals surface area contributed by atoms with Crippen LogP contribution in [0.4, 0.5) is 5.82 Å². The van der Waals surface area contributed by atoms with Crippen molar-refractivity contribution in [2.24, 2.45) is 0 Å². The van der Waals surface area contributed by atoms with Crippen LogP contribution in [-0.4, -0.2) is 36.6 Å². The topological polar surface area (TPSA) is 85.4 Å². The minimum atomic E-state index is -0.251. The molecule has 1 aromatic carbocycles. The quantitative estimate of drug-likeness (QED) is 0.635. The van der Waals surface area contributed by atoms with E-state index in [4.69, 9.17) is 9.47 Å². The fraction of sp³-hybridized carbons (Fsp3) is 0.421. The molecule has 0 radical (unpaired) electrons. The van der Waals surface area contributed by atoms with Gasteiger partial charge in [0.15, 0.2) is 11.5 Å². The van der Waals surface area contributed by atoms with Gasteiger partial charge in [0.25, 0.3) is 5.91 Å². The summed E-state index contributed by atoms with van der Waals surface area (Å²) < 4.78 is 10.5. The van der Waals surface area contributed by atoms with E-state index in [0.29, 0.717) is 29.6 Å². The lowest BCUT2D eigenvalue weighted by Gasteiger charge is -2.10. The second-order valence-corrected chi connectivity index (χ2v) is 5.79. The predicted molar refractivity (Wildman–Crippen MR) is 101 cm³/mol. The molecule has 26 heavy (non-hydrogen) atoms. The van der Waals surface area contributed by atoms with Crippen molar-refractivity contribution in [1.82, 2.24) is 15.3 Å². The molecule has 1 heterocycles. The Labute approximate surface area is 154 Å². The highest BCUT2D eigenvalue weighted by atomic mass is 16.5. The standard InChI is InChI=1S/C19H26N4O3/c1-4-5-6-9-20-18-11-15(22-13-23-18)19(24)21-12-14-7-8-16(25-2)17(10-14)26-3/h7-8,10-11,13H,4-6,9,12H2,1-3H3,(H,21,24)(H,20,22,23). The van der Waals surface area contributed by atoms with Crippen molar-refractivity contribution in [1.29, 1.82) is 0 Å². The molecule has 7 nitrogen and oxygen atoms in total. The molecule has 2 N–H and O–H groups in total. The minimum absolute atomic E-state index is 0.251. The number of hydrogen-bond donors (Lipinski definition) is 2. The van der Waals surface area contributed by atoms with Crippen LogP contribution in [0.5, 0.6) is 11.5 Å². The third-order valence-electron chi connectivity index (χ3n) is 3.89. The maximum Gasteiger partial charge on any atom is 0.270 e. The fourth-order valence-electron chi connectivity index (χ4n) is 2.43. The molecular formula is C19H26N4O3. The van der Waals surface area contributed by atoms with Gasteiger partial charge in [-0.3, -0.25) is 4.79 Å². The van der Waals surface area contributed by atoms with Crippen LogP contribution in [-0.2, 0) is 6.54 Å². The number of carbonyl (C=O) groups is 1. The number of unbranched alkanes of at least 4 members (excludes halogenated alkanes) is 2. The molecule has 0 spiro atoms. The number of benzene rings is 1. The van der Waals surface area contributed by atoms with Gasteiger partial charge in [-0.1, -0.05) is 25.8 Å². The van der Waals surface area contributed by atoms with Crippen molar-refractivity contribution in [2.75, 3.05) is 26.1 Å². The summed E-state index contributed by atoms with van der Waals surface area (Å²) in [4.78, 5) is 20.5. The van der Waals surface area contributed by atoms with Crippen LogP contribution >= 0.6 is 0 Å². The number of ether oxygens (including phenoxy) is 2. The molecule has 0 aliphatic carbocycles. The Balaban J connectivity index is 1.93. The van der Waals surface area contributed by atoms with Crippen molar-refractivity contribution in [3.8, 4) is 11.5 Å². The first-order valence-corrected chi connectivity index (χ1v) is 8.73. The monoisotopic (exact) mass is 358 g/mol. The molecule has 1 aromatic heterocycles. The second-order valence-electron chi connectivity index (χ2n) is 5.79. The van der Waals surface area contributed by atoms with E-state index in [-0.39, 0.29) is 5.91 Å². The number of aromatic nitrogens is 2. The molecule has 7 heteroatoms. The lowest BCUT2D eigenvalue weighted by atomic mass is 10.2. The third kappa shape index (κ3) is 5.61. The summed E-state index contributed by atoms with van der Waals surface area (Å²) in [7, 11) is 3.17. The highest BCUT2D eigenvalue weighted by Crippen LogP contribution is 2.27. The molecule has 0 bridgehead atoms. The predicted octanol–water partition coefficient (Wildman–Crippen LogP) is 3.03. The summed E-state index contributed by atoms with van der Waals surface area (Å²) in [6.45, 7) is 3.35. The molecule has 0 saturated carbocycles. The Kier molecular flexibility index (Phi) is 7.67. The van der Waals surface area contributed by atoms with E-state index in [0.717, 1.165) is 31.4 Å². The zero-order valence-electron chi connectivity index (χ0n) is 15.5. The highest BCUT2D eigenvalue weighted by molar-refractivity contribution is 5.92. The summed E-state index contributed by atoms with van der Waals surface area (Å²) in [5.74, 6) is 1.68. The second kappa shape index (κ2) is 10.2. The Hall–Kier alpha value is -2.83. The van der Waals surface area contributed by atoms with Gasteiger partial charge in [0.05, 0.1) is 14.2 Å². The maximum absolute atomic E-state index is 12.3. The molecule has 0 saturated heterocycles. The number of nitrogens with zero attached hydrogens (tertiary/aromatic N) is 2. The Morgan fingerprint density at radius 1 is 1.08 bits per heavy atom. The first-order chi connectivity index (χ1) is 12.7. The molecule has 0 atom stereocenters. The smallest absolute Gasteiger partial charge is 0.270 e. The van der Waals surface area contributed by atoms with Crippen LogP contribution in [0.15, 0.2) is 30.6 Å². The summed E-state index contributed by atoms with van der Waals surface area (Å²) in [6, 6.07) is 7.18. The number of hydrogen-bond acceptors (Lipinski definition) is 6. The summed E-state index contributed by atoms with van der Waals surface area (Å²) in [5.41, 5.74) is 1.24. The van der Waals surface area contributed by atoms with Crippen molar-refractivity contribution < 1.29 is 14.3 Å². The summed E-state index contributed by atoms with van der Waals surface area (Å²) in [6.07, 6.45) is 4.79. The highest BCUT2D eigenvalue weighted by Gasteiger charge is 2.10.